The standard InChI is InChI=1S/C27H25Cl2N3O/c1-16(2)22-13-12-20(27(29)30-22)18-14-21-23(15-18)31-32(24-6-4-5-7-25(24)33-3)26(21)17-8-10-19(28)11-9-17/h4-13,16,18H,14-15H2,1-3H3. The van der Waals surface area contributed by atoms with Crippen LogP contribution < -0.4 is 4.74 Å². The van der Waals surface area contributed by atoms with Crippen LogP contribution in [0.2, 0.25) is 10.2 Å². The van der Waals surface area contributed by atoms with E-state index in [1.165, 1.54) is 5.56 Å². The molecule has 0 radical (unpaired) electrons. The van der Waals surface area contributed by atoms with Gasteiger partial charge in [-0.25, -0.2) is 9.67 Å². The van der Waals surface area contributed by atoms with Crippen LogP contribution in [0.3, 0.4) is 0 Å². The molecule has 1 atom stereocenters. The van der Waals surface area contributed by atoms with Crippen molar-refractivity contribution in [2.45, 2.75) is 38.5 Å². The molecular formula is C27H25Cl2N3O. The van der Waals surface area contributed by atoms with E-state index in [1.54, 1.807) is 7.11 Å². The molecule has 0 saturated carbocycles. The molecule has 1 unspecified atom stereocenters. The molecule has 0 aliphatic heterocycles. The monoisotopic (exact) mass is 477 g/mol. The third kappa shape index (κ3) is 4.03. The zero-order valence-electron chi connectivity index (χ0n) is 18.8. The van der Waals surface area contributed by atoms with Crippen molar-refractivity contribution in [3.8, 4) is 22.7 Å². The van der Waals surface area contributed by atoms with Gasteiger partial charge in [0.25, 0.3) is 0 Å². The summed E-state index contributed by atoms with van der Waals surface area (Å²) in [4.78, 5) is 4.65. The average molecular weight is 478 g/mol. The van der Waals surface area contributed by atoms with Crippen molar-refractivity contribution in [1.29, 1.82) is 0 Å². The molecule has 33 heavy (non-hydrogen) atoms. The fraction of sp³-hybridized carbons (Fsp3) is 0.259. The molecule has 2 aromatic heterocycles. The summed E-state index contributed by atoms with van der Waals surface area (Å²) in [7, 11) is 1.68. The lowest BCUT2D eigenvalue weighted by atomic mass is 9.96. The molecule has 0 amide bonds. The van der Waals surface area contributed by atoms with E-state index in [0.29, 0.717) is 16.1 Å². The highest BCUT2D eigenvalue weighted by Crippen LogP contribution is 2.43. The maximum Gasteiger partial charge on any atom is 0.144 e. The number of benzene rings is 2. The summed E-state index contributed by atoms with van der Waals surface area (Å²) in [5.74, 6) is 1.38. The zero-order valence-corrected chi connectivity index (χ0v) is 20.4. The fourth-order valence-corrected chi connectivity index (χ4v) is 5.06. The van der Waals surface area contributed by atoms with Gasteiger partial charge < -0.3 is 4.74 Å². The van der Waals surface area contributed by atoms with Gasteiger partial charge in [-0.1, -0.05) is 67.4 Å². The number of ether oxygens (including phenoxy) is 1. The van der Waals surface area contributed by atoms with Crippen LogP contribution in [0.15, 0.2) is 60.7 Å². The second kappa shape index (κ2) is 8.85. The average Bonchev–Trinajstić information content (AvgIpc) is 3.37. The van der Waals surface area contributed by atoms with E-state index in [0.717, 1.165) is 52.5 Å². The normalized spacial score (nSPS) is 15.2. The number of nitrogens with zero attached hydrogens (tertiary/aromatic N) is 3. The van der Waals surface area contributed by atoms with Crippen LogP contribution in [-0.2, 0) is 12.8 Å². The maximum absolute atomic E-state index is 6.64. The van der Waals surface area contributed by atoms with E-state index in [1.807, 2.05) is 53.2 Å². The number of fused-ring (bicyclic) bond motifs is 1. The van der Waals surface area contributed by atoms with Gasteiger partial charge in [-0.2, -0.15) is 5.10 Å². The van der Waals surface area contributed by atoms with E-state index in [-0.39, 0.29) is 5.92 Å². The van der Waals surface area contributed by atoms with Gasteiger partial charge in [0.05, 0.1) is 18.5 Å². The van der Waals surface area contributed by atoms with Crippen molar-refractivity contribution in [1.82, 2.24) is 14.8 Å². The van der Waals surface area contributed by atoms with Crippen LogP contribution in [0, 0.1) is 0 Å². The van der Waals surface area contributed by atoms with Crippen molar-refractivity contribution in [2.24, 2.45) is 0 Å². The first kappa shape index (κ1) is 22.0. The molecular weight excluding hydrogens is 453 g/mol. The maximum atomic E-state index is 6.64. The van der Waals surface area contributed by atoms with Crippen LogP contribution in [0.1, 0.15) is 48.2 Å². The third-order valence-electron chi connectivity index (χ3n) is 6.32. The molecule has 0 saturated heterocycles. The number of halogens is 2. The molecule has 4 aromatic rings. The third-order valence-corrected chi connectivity index (χ3v) is 6.87. The molecule has 5 rings (SSSR count). The number of methoxy groups -OCH3 is 1. The Morgan fingerprint density at radius 1 is 0.970 bits per heavy atom. The number of para-hydroxylation sites is 2. The molecule has 0 spiro atoms. The summed E-state index contributed by atoms with van der Waals surface area (Å²) in [6, 6.07) is 20.1. The summed E-state index contributed by atoms with van der Waals surface area (Å²) in [6.07, 6.45) is 1.67. The molecule has 0 fully saturated rings. The molecule has 1 aliphatic carbocycles. The van der Waals surface area contributed by atoms with Gasteiger partial charge in [0.15, 0.2) is 0 Å². The summed E-state index contributed by atoms with van der Waals surface area (Å²) < 4.78 is 7.64. The first-order valence-corrected chi connectivity index (χ1v) is 11.9. The van der Waals surface area contributed by atoms with E-state index in [4.69, 9.17) is 33.0 Å². The lowest BCUT2D eigenvalue weighted by Gasteiger charge is -2.16. The van der Waals surface area contributed by atoms with Gasteiger partial charge in [-0.3, -0.25) is 0 Å². The van der Waals surface area contributed by atoms with Crippen molar-refractivity contribution < 1.29 is 4.74 Å². The summed E-state index contributed by atoms with van der Waals surface area (Å²) in [5.41, 5.74) is 7.47. The minimum Gasteiger partial charge on any atom is -0.494 e. The quantitative estimate of drug-likeness (QED) is 0.284. The molecule has 2 aromatic carbocycles. The lowest BCUT2D eigenvalue weighted by Crippen LogP contribution is -2.07. The Balaban J connectivity index is 1.60. The van der Waals surface area contributed by atoms with Crippen molar-refractivity contribution >= 4 is 23.2 Å². The Morgan fingerprint density at radius 2 is 1.73 bits per heavy atom. The van der Waals surface area contributed by atoms with Crippen LogP contribution >= 0.6 is 23.2 Å². The van der Waals surface area contributed by atoms with Gasteiger partial charge in [0.1, 0.15) is 16.6 Å². The Labute approximate surface area is 204 Å². The highest BCUT2D eigenvalue weighted by molar-refractivity contribution is 6.30. The molecule has 168 valence electrons. The highest BCUT2D eigenvalue weighted by Gasteiger charge is 2.33. The fourth-order valence-electron chi connectivity index (χ4n) is 4.61. The van der Waals surface area contributed by atoms with Gasteiger partial charge in [0.2, 0.25) is 0 Å². The zero-order chi connectivity index (χ0) is 23.1. The molecule has 2 heterocycles. The second-order valence-electron chi connectivity index (χ2n) is 8.74. The Bertz CT molecular complexity index is 1310. The molecule has 6 heteroatoms. The Hall–Kier alpha value is -2.82. The topological polar surface area (TPSA) is 39.9 Å². The van der Waals surface area contributed by atoms with Crippen molar-refractivity contribution in [3.63, 3.8) is 0 Å². The Morgan fingerprint density at radius 3 is 2.42 bits per heavy atom. The van der Waals surface area contributed by atoms with Crippen LogP contribution in [-0.4, -0.2) is 21.9 Å². The van der Waals surface area contributed by atoms with Gasteiger partial charge in [-0.15, -0.1) is 0 Å². The van der Waals surface area contributed by atoms with Crippen LogP contribution in [0.25, 0.3) is 16.9 Å². The first-order valence-electron chi connectivity index (χ1n) is 11.1. The number of pyridine rings is 1. The number of hydrogen-bond donors (Lipinski definition) is 0. The number of aromatic nitrogens is 3. The van der Waals surface area contributed by atoms with E-state index in [2.05, 4.69) is 31.0 Å². The van der Waals surface area contributed by atoms with Crippen LogP contribution in [0.5, 0.6) is 5.75 Å². The van der Waals surface area contributed by atoms with Gasteiger partial charge in [-0.05, 0) is 60.6 Å². The lowest BCUT2D eigenvalue weighted by molar-refractivity contribution is 0.411. The predicted molar refractivity (Wildman–Crippen MR) is 134 cm³/mol. The summed E-state index contributed by atoms with van der Waals surface area (Å²) in [6.45, 7) is 4.26. The van der Waals surface area contributed by atoms with Crippen LogP contribution in [0.4, 0.5) is 0 Å². The van der Waals surface area contributed by atoms with Gasteiger partial charge in [0, 0.05) is 21.8 Å². The second-order valence-corrected chi connectivity index (χ2v) is 9.53. The molecule has 4 nitrogen and oxygen atoms in total. The van der Waals surface area contributed by atoms with E-state index < -0.39 is 0 Å². The highest BCUT2D eigenvalue weighted by atomic mass is 35.5. The summed E-state index contributed by atoms with van der Waals surface area (Å²) in [5, 5.41) is 6.37. The first-order chi connectivity index (χ1) is 16.0. The van der Waals surface area contributed by atoms with Crippen molar-refractivity contribution in [2.75, 3.05) is 7.11 Å². The minimum absolute atomic E-state index is 0.252. The molecule has 0 N–H and O–H groups in total. The molecule has 0 bridgehead atoms. The Kier molecular flexibility index (Phi) is 5.90. The van der Waals surface area contributed by atoms with E-state index >= 15 is 0 Å². The SMILES string of the molecule is COc1ccccc1-n1nc2c(c1-c1ccc(Cl)cc1)CC(c1ccc(C(C)C)nc1Cl)C2. The van der Waals surface area contributed by atoms with Crippen molar-refractivity contribution in [3.05, 3.63) is 93.4 Å². The van der Waals surface area contributed by atoms with Gasteiger partial charge >= 0.3 is 0 Å². The largest absolute Gasteiger partial charge is 0.494 e. The number of hydrogen-bond acceptors (Lipinski definition) is 3. The molecule has 1 aliphatic rings. The summed E-state index contributed by atoms with van der Waals surface area (Å²) >= 11 is 12.8. The van der Waals surface area contributed by atoms with E-state index in [9.17, 15) is 0 Å². The predicted octanol–water partition coefficient (Wildman–Crippen LogP) is 7.26. The smallest absolute Gasteiger partial charge is 0.144 e. The minimum atomic E-state index is 0.252. The number of rotatable bonds is 5.